The Labute approximate surface area is 152 Å². The monoisotopic (exact) mass is 343 g/mol. The van der Waals surface area contributed by atoms with Crippen LogP contribution < -0.4 is 5.32 Å². The Kier molecular flexibility index (Phi) is 10.7. The van der Waals surface area contributed by atoms with Gasteiger partial charge in [-0.05, 0) is 52.0 Å². The molecule has 0 heterocycles. The second kappa shape index (κ2) is 10.8. The molecule has 0 radical (unpaired) electrons. The van der Waals surface area contributed by atoms with Gasteiger partial charge in [0, 0.05) is 19.6 Å². The van der Waals surface area contributed by atoms with E-state index >= 15 is 0 Å². The molecule has 1 N–H and O–H groups in total. The van der Waals surface area contributed by atoms with E-state index in [9.17, 15) is 0 Å². The Morgan fingerprint density at radius 1 is 0.875 bits per heavy atom. The standard InChI is InChI=1S/C21H45NO2/c1-10-11-12-13-23-20(6,7)16-21(8,9)24-15-18(2)14-22-17-19(3,4)5/h18,22H,10-17H2,1-9H3. The van der Waals surface area contributed by atoms with Crippen molar-refractivity contribution in [3.05, 3.63) is 0 Å². The summed E-state index contributed by atoms with van der Waals surface area (Å²) in [5.74, 6) is 0.514. The Morgan fingerprint density at radius 3 is 2.00 bits per heavy atom. The molecule has 3 nitrogen and oxygen atoms in total. The van der Waals surface area contributed by atoms with Crippen molar-refractivity contribution in [2.45, 2.75) is 99.2 Å². The second-order valence-corrected chi connectivity index (χ2v) is 9.86. The van der Waals surface area contributed by atoms with Crippen LogP contribution in [0.3, 0.4) is 0 Å². The zero-order valence-electron chi connectivity index (χ0n) is 18.1. The Morgan fingerprint density at radius 2 is 1.46 bits per heavy atom. The minimum Gasteiger partial charge on any atom is -0.375 e. The second-order valence-electron chi connectivity index (χ2n) is 9.86. The van der Waals surface area contributed by atoms with Gasteiger partial charge in [0.2, 0.25) is 0 Å². The maximum absolute atomic E-state index is 6.22. The third-order valence-corrected chi connectivity index (χ3v) is 4.00. The zero-order valence-corrected chi connectivity index (χ0v) is 18.1. The molecule has 3 heteroatoms. The summed E-state index contributed by atoms with van der Waals surface area (Å²) in [6, 6.07) is 0. The molecule has 0 rings (SSSR count). The van der Waals surface area contributed by atoms with Gasteiger partial charge >= 0.3 is 0 Å². The zero-order chi connectivity index (χ0) is 18.9. The van der Waals surface area contributed by atoms with Gasteiger partial charge in [0.1, 0.15) is 0 Å². The predicted octanol–water partition coefficient (Wildman–Crippen LogP) is 5.43. The van der Waals surface area contributed by atoms with E-state index in [4.69, 9.17) is 9.47 Å². The number of ether oxygens (including phenoxy) is 2. The van der Waals surface area contributed by atoms with Gasteiger partial charge in [-0.1, -0.05) is 47.5 Å². The van der Waals surface area contributed by atoms with Crippen molar-refractivity contribution in [2.24, 2.45) is 11.3 Å². The van der Waals surface area contributed by atoms with Crippen molar-refractivity contribution in [1.29, 1.82) is 0 Å². The smallest absolute Gasteiger partial charge is 0.0653 e. The molecule has 146 valence electrons. The summed E-state index contributed by atoms with van der Waals surface area (Å²) in [5, 5.41) is 3.54. The van der Waals surface area contributed by atoms with E-state index < -0.39 is 0 Å². The molecule has 1 unspecified atom stereocenters. The topological polar surface area (TPSA) is 30.5 Å². The van der Waals surface area contributed by atoms with Crippen LogP contribution in [0.15, 0.2) is 0 Å². The van der Waals surface area contributed by atoms with Gasteiger partial charge < -0.3 is 14.8 Å². The maximum Gasteiger partial charge on any atom is 0.0653 e. The van der Waals surface area contributed by atoms with Gasteiger partial charge in [0.25, 0.3) is 0 Å². The lowest BCUT2D eigenvalue weighted by atomic mass is 9.92. The highest BCUT2D eigenvalue weighted by Gasteiger charge is 2.30. The number of hydrogen-bond acceptors (Lipinski definition) is 3. The third-order valence-electron chi connectivity index (χ3n) is 4.00. The predicted molar refractivity (Wildman–Crippen MR) is 106 cm³/mol. The number of unbranched alkanes of at least 4 members (excludes halogenated alkanes) is 2. The summed E-state index contributed by atoms with van der Waals surface area (Å²) in [7, 11) is 0. The van der Waals surface area contributed by atoms with Crippen LogP contribution in [0.4, 0.5) is 0 Å². The summed E-state index contributed by atoms with van der Waals surface area (Å²) in [6.45, 7) is 23.6. The molecule has 0 amide bonds. The molecular weight excluding hydrogens is 298 g/mol. The average molecular weight is 344 g/mol. The molecule has 0 aromatic heterocycles. The highest BCUT2D eigenvalue weighted by atomic mass is 16.5. The molecule has 0 fully saturated rings. The first-order chi connectivity index (χ1) is 10.9. The van der Waals surface area contributed by atoms with Crippen molar-refractivity contribution in [3.63, 3.8) is 0 Å². The maximum atomic E-state index is 6.22. The molecular formula is C21H45NO2. The molecule has 0 aromatic rings. The van der Waals surface area contributed by atoms with E-state index in [1.54, 1.807) is 0 Å². The van der Waals surface area contributed by atoms with Crippen molar-refractivity contribution in [1.82, 2.24) is 5.32 Å². The molecule has 0 aliphatic heterocycles. The Hall–Kier alpha value is -0.120. The van der Waals surface area contributed by atoms with Gasteiger partial charge in [-0.2, -0.15) is 0 Å². The van der Waals surface area contributed by atoms with Crippen LogP contribution in [0.25, 0.3) is 0 Å². The van der Waals surface area contributed by atoms with Crippen LogP contribution in [0, 0.1) is 11.3 Å². The fourth-order valence-electron chi connectivity index (χ4n) is 2.95. The van der Waals surface area contributed by atoms with Crippen LogP contribution >= 0.6 is 0 Å². The third kappa shape index (κ3) is 14.2. The largest absolute Gasteiger partial charge is 0.375 e. The minimum atomic E-state index is -0.160. The first kappa shape index (κ1) is 23.9. The van der Waals surface area contributed by atoms with Gasteiger partial charge in [-0.3, -0.25) is 0 Å². The molecule has 0 saturated carbocycles. The highest BCUT2D eigenvalue weighted by Crippen LogP contribution is 2.27. The molecule has 0 spiro atoms. The minimum absolute atomic E-state index is 0.134. The van der Waals surface area contributed by atoms with Crippen LogP contribution in [-0.2, 0) is 9.47 Å². The highest BCUT2D eigenvalue weighted by molar-refractivity contribution is 4.81. The van der Waals surface area contributed by atoms with Crippen molar-refractivity contribution in [3.8, 4) is 0 Å². The summed E-state index contributed by atoms with van der Waals surface area (Å²) in [6.07, 6.45) is 4.54. The average Bonchev–Trinajstić information content (AvgIpc) is 2.39. The van der Waals surface area contributed by atoms with Crippen molar-refractivity contribution < 1.29 is 9.47 Å². The van der Waals surface area contributed by atoms with E-state index in [0.29, 0.717) is 11.3 Å². The van der Waals surface area contributed by atoms with Crippen molar-refractivity contribution in [2.75, 3.05) is 26.3 Å². The van der Waals surface area contributed by atoms with Crippen LogP contribution in [0.1, 0.15) is 88.0 Å². The normalized spacial score (nSPS) is 14.9. The number of hydrogen-bond donors (Lipinski definition) is 1. The Balaban J connectivity index is 4.09. The molecule has 0 aromatic carbocycles. The quantitative estimate of drug-likeness (QED) is 0.452. The molecule has 24 heavy (non-hydrogen) atoms. The molecule has 0 saturated heterocycles. The number of rotatable bonds is 13. The van der Waals surface area contributed by atoms with Crippen LogP contribution in [-0.4, -0.2) is 37.5 Å². The Bertz CT molecular complexity index is 318. The first-order valence-electron chi connectivity index (χ1n) is 9.85. The van der Waals surface area contributed by atoms with Gasteiger partial charge in [-0.15, -0.1) is 0 Å². The lowest BCUT2D eigenvalue weighted by Gasteiger charge is -2.36. The lowest BCUT2D eigenvalue weighted by molar-refractivity contribution is -0.107. The lowest BCUT2D eigenvalue weighted by Crippen LogP contribution is -2.39. The summed E-state index contributed by atoms with van der Waals surface area (Å²) >= 11 is 0. The van der Waals surface area contributed by atoms with Gasteiger partial charge in [-0.25, -0.2) is 0 Å². The fraction of sp³-hybridized carbons (Fsp3) is 1.00. The van der Waals surface area contributed by atoms with E-state index in [1.165, 1.54) is 12.8 Å². The van der Waals surface area contributed by atoms with Crippen molar-refractivity contribution >= 4 is 0 Å². The van der Waals surface area contributed by atoms with E-state index in [1.807, 2.05) is 0 Å². The fourth-order valence-corrected chi connectivity index (χ4v) is 2.95. The molecule has 0 bridgehead atoms. The molecule has 0 aliphatic rings. The van der Waals surface area contributed by atoms with Crippen LogP contribution in [0.2, 0.25) is 0 Å². The van der Waals surface area contributed by atoms with E-state index in [2.05, 4.69) is 67.6 Å². The summed E-state index contributed by atoms with van der Waals surface area (Å²) in [4.78, 5) is 0. The van der Waals surface area contributed by atoms with E-state index in [-0.39, 0.29) is 11.2 Å². The van der Waals surface area contributed by atoms with Gasteiger partial charge in [0.15, 0.2) is 0 Å². The summed E-state index contributed by atoms with van der Waals surface area (Å²) < 4.78 is 12.3. The molecule has 1 atom stereocenters. The molecule has 0 aliphatic carbocycles. The SMILES string of the molecule is CCCCCOC(C)(C)CC(C)(C)OCC(C)CNCC(C)(C)C. The summed E-state index contributed by atoms with van der Waals surface area (Å²) in [5.41, 5.74) is 0.0382. The van der Waals surface area contributed by atoms with Gasteiger partial charge in [0.05, 0.1) is 17.8 Å². The number of nitrogens with one attached hydrogen (secondary N) is 1. The van der Waals surface area contributed by atoms with E-state index in [0.717, 1.165) is 39.1 Å². The van der Waals surface area contributed by atoms with Crippen LogP contribution in [0.5, 0.6) is 0 Å². The first-order valence-corrected chi connectivity index (χ1v) is 9.85.